The van der Waals surface area contributed by atoms with Crippen molar-refractivity contribution in [1.29, 1.82) is 0 Å². The second-order valence-corrected chi connectivity index (χ2v) is 5.82. The molecule has 0 heterocycles. The van der Waals surface area contributed by atoms with E-state index in [-0.39, 0.29) is 13.1 Å². The Kier molecular flexibility index (Phi) is 4.96. The number of likely N-dealkylation sites (N-methyl/N-ethyl adjacent to an activating group) is 1. The lowest BCUT2D eigenvalue weighted by Gasteiger charge is -2.17. The van der Waals surface area contributed by atoms with Gasteiger partial charge in [0.2, 0.25) is 10.0 Å². The van der Waals surface area contributed by atoms with Crippen molar-refractivity contribution in [3.8, 4) is 0 Å². The van der Waals surface area contributed by atoms with E-state index in [1.54, 1.807) is 0 Å². The predicted molar refractivity (Wildman–Crippen MR) is 66.2 cm³/mol. The highest BCUT2D eigenvalue weighted by molar-refractivity contribution is 7.88. The van der Waals surface area contributed by atoms with Crippen molar-refractivity contribution in [3.05, 3.63) is 35.4 Å². The maximum absolute atomic E-state index is 13.4. The fraction of sp³-hybridized carbons (Fsp3) is 0.364. The molecule has 0 aliphatic heterocycles. The van der Waals surface area contributed by atoms with Crippen LogP contribution >= 0.6 is 0 Å². The van der Waals surface area contributed by atoms with Gasteiger partial charge in [0.05, 0.1) is 6.26 Å². The van der Waals surface area contributed by atoms with Gasteiger partial charge in [-0.2, -0.15) is 0 Å². The highest BCUT2D eigenvalue weighted by Gasteiger charge is 2.20. The van der Waals surface area contributed by atoms with E-state index >= 15 is 0 Å². The van der Waals surface area contributed by atoms with Crippen molar-refractivity contribution < 1.29 is 22.0 Å². The van der Waals surface area contributed by atoms with Crippen LogP contribution in [-0.2, 0) is 10.0 Å². The molecule has 1 amide bonds. The zero-order chi connectivity index (χ0) is 14.6. The van der Waals surface area contributed by atoms with E-state index in [1.165, 1.54) is 7.05 Å². The molecule has 8 heteroatoms. The summed E-state index contributed by atoms with van der Waals surface area (Å²) in [7, 11) is -2.03. The molecule has 106 valence electrons. The number of nitrogens with one attached hydrogen (secondary N) is 1. The van der Waals surface area contributed by atoms with E-state index in [0.29, 0.717) is 0 Å². The molecule has 1 rings (SSSR count). The molecule has 0 aliphatic carbocycles. The van der Waals surface area contributed by atoms with Crippen LogP contribution in [0.5, 0.6) is 0 Å². The molecule has 0 saturated carbocycles. The number of carbonyl (C=O) groups excluding carboxylic acids is 1. The Bertz CT molecular complexity index is 555. The van der Waals surface area contributed by atoms with E-state index in [0.717, 1.165) is 29.4 Å². The number of nitrogens with zero attached hydrogens (tertiary/aromatic N) is 1. The molecule has 0 spiro atoms. The van der Waals surface area contributed by atoms with E-state index in [1.807, 2.05) is 0 Å². The zero-order valence-electron chi connectivity index (χ0n) is 10.5. The van der Waals surface area contributed by atoms with Crippen LogP contribution in [0.15, 0.2) is 18.2 Å². The first-order chi connectivity index (χ1) is 8.72. The van der Waals surface area contributed by atoms with Gasteiger partial charge in [-0.1, -0.05) is 6.07 Å². The minimum atomic E-state index is -3.36. The Balaban J connectivity index is 2.72. The van der Waals surface area contributed by atoms with Crippen molar-refractivity contribution in [2.75, 3.05) is 26.4 Å². The molecule has 1 aromatic rings. The van der Waals surface area contributed by atoms with Gasteiger partial charge in [0.25, 0.3) is 5.91 Å². The molecule has 0 aromatic heterocycles. The highest BCUT2D eigenvalue weighted by Crippen LogP contribution is 2.13. The van der Waals surface area contributed by atoms with Crippen LogP contribution in [0, 0.1) is 11.6 Å². The Morgan fingerprint density at radius 1 is 1.32 bits per heavy atom. The molecule has 0 fully saturated rings. The average Bonchev–Trinajstić information content (AvgIpc) is 2.26. The standard InChI is InChI=1S/C11H14F2N2O3S/c1-15(7-6-14-19(2,17)18)11(16)10-8(12)4-3-5-9(10)13/h3-5,14H,6-7H2,1-2H3. The first-order valence-electron chi connectivity index (χ1n) is 5.36. The second-order valence-electron chi connectivity index (χ2n) is 3.99. The quantitative estimate of drug-likeness (QED) is 0.863. The van der Waals surface area contributed by atoms with E-state index in [9.17, 15) is 22.0 Å². The van der Waals surface area contributed by atoms with Gasteiger partial charge in [0.1, 0.15) is 17.2 Å². The third-order valence-electron chi connectivity index (χ3n) is 2.33. The average molecular weight is 292 g/mol. The topological polar surface area (TPSA) is 66.5 Å². The Hall–Kier alpha value is -1.54. The molecule has 0 saturated heterocycles. The van der Waals surface area contributed by atoms with E-state index < -0.39 is 33.1 Å². The SMILES string of the molecule is CN(CCNS(C)(=O)=O)C(=O)c1c(F)cccc1F. The summed E-state index contributed by atoms with van der Waals surface area (Å²) in [5, 5.41) is 0. The number of hydrogen-bond donors (Lipinski definition) is 1. The lowest BCUT2D eigenvalue weighted by molar-refractivity contribution is 0.0788. The van der Waals surface area contributed by atoms with Crippen molar-refractivity contribution in [2.24, 2.45) is 0 Å². The van der Waals surface area contributed by atoms with Crippen LogP contribution in [0.25, 0.3) is 0 Å². The van der Waals surface area contributed by atoms with Crippen molar-refractivity contribution in [2.45, 2.75) is 0 Å². The number of rotatable bonds is 5. The molecule has 19 heavy (non-hydrogen) atoms. The summed E-state index contributed by atoms with van der Waals surface area (Å²) in [6.07, 6.45) is 0.978. The first-order valence-corrected chi connectivity index (χ1v) is 7.25. The molecular weight excluding hydrogens is 278 g/mol. The summed E-state index contributed by atoms with van der Waals surface area (Å²) in [4.78, 5) is 12.9. The number of hydrogen-bond acceptors (Lipinski definition) is 3. The van der Waals surface area contributed by atoms with Crippen LogP contribution in [0.3, 0.4) is 0 Å². The monoisotopic (exact) mass is 292 g/mol. The molecule has 0 aliphatic rings. The smallest absolute Gasteiger partial charge is 0.259 e. The largest absolute Gasteiger partial charge is 0.340 e. The van der Waals surface area contributed by atoms with Gasteiger partial charge in [-0.05, 0) is 12.1 Å². The minimum Gasteiger partial charge on any atom is -0.340 e. The third-order valence-corrected chi connectivity index (χ3v) is 3.06. The van der Waals surface area contributed by atoms with Gasteiger partial charge in [-0.3, -0.25) is 4.79 Å². The fourth-order valence-corrected chi connectivity index (χ4v) is 1.86. The van der Waals surface area contributed by atoms with Gasteiger partial charge >= 0.3 is 0 Å². The number of carbonyl (C=O) groups is 1. The Morgan fingerprint density at radius 2 is 1.84 bits per heavy atom. The predicted octanol–water partition coefficient (Wildman–Crippen LogP) is 0.586. The van der Waals surface area contributed by atoms with Crippen molar-refractivity contribution in [3.63, 3.8) is 0 Å². The first kappa shape index (κ1) is 15.5. The fourth-order valence-electron chi connectivity index (χ4n) is 1.39. The molecular formula is C11H14F2N2O3S. The number of benzene rings is 1. The minimum absolute atomic E-state index is 0.000320. The number of amides is 1. The van der Waals surface area contributed by atoms with Crippen molar-refractivity contribution >= 4 is 15.9 Å². The molecule has 1 aromatic carbocycles. The van der Waals surface area contributed by atoms with Crippen LogP contribution in [0.4, 0.5) is 8.78 Å². The van der Waals surface area contributed by atoms with Gasteiger partial charge in [-0.25, -0.2) is 21.9 Å². The molecule has 1 N–H and O–H groups in total. The van der Waals surface area contributed by atoms with E-state index in [4.69, 9.17) is 0 Å². The molecule has 0 unspecified atom stereocenters. The summed E-state index contributed by atoms with van der Waals surface area (Å²) in [6.45, 7) is -0.0309. The van der Waals surface area contributed by atoms with Crippen LogP contribution < -0.4 is 4.72 Å². The normalized spacial score (nSPS) is 11.4. The summed E-state index contributed by atoms with van der Waals surface area (Å²) in [5.74, 6) is -2.74. The highest BCUT2D eigenvalue weighted by atomic mass is 32.2. The molecule has 5 nitrogen and oxygen atoms in total. The third kappa shape index (κ3) is 4.56. The molecule has 0 bridgehead atoms. The lowest BCUT2D eigenvalue weighted by Crippen LogP contribution is -2.36. The van der Waals surface area contributed by atoms with Gasteiger partial charge < -0.3 is 4.90 Å². The van der Waals surface area contributed by atoms with Gasteiger partial charge in [-0.15, -0.1) is 0 Å². The summed E-state index contributed by atoms with van der Waals surface area (Å²) in [5.41, 5.74) is -0.649. The summed E-state index contributed by atoms with van der Waals surface area (Å²) >= 11 is 0. The lowest BCUT2D eigenvalue weighted by atomic mass is 10.1. The maximum Gasteiger partial charge on any atom is 0.259 e. The summed E-state index contributed by atoms with van der Waals surface area (Å²) < 4.78 is 50.6. The van der Waals surface area contributed by atoms with Crippen LogP contribution in [-0.4, -0.2) is 45.6 Å². The molecule has 0 atom stereocenters. The Morgan fingerprint density at radius 3 is 2.32 bits per heavy atom. The van der Waals surface area contributed by atoms with Crippen molar-refractivity contribution in [1.82, 2.24) is 9.62 Å². The molecule has 0 radical (unpaired) electrons. The van der Waals surface area contributed by atoms with Gasteiger partial charge in [0, 0.05) is 20.1 Å². The zero-order valence-corrected chi connectivity index (χ0v) is 11.3. The van der Waals surface area contributed by atoms with Crippen LogP contribution in [0.2, 0.25) is 0 Å². The Labute approximate surface area is 110 Å². The van der Waals surface area contributed by atoms with Crippen LogP contribution in [0.1, 0.15) is 10.4 Å². The second kappa shape index (κ2) is 6.07. The van der Waals surface area contributed by atoms with E-state index in [2.05, 4.69) is 4.72 Å². The summed E-state index contributed by atoms with van der Waals surface area (Å²) in [6, 6.07) is 3.13. The maximum atomic E-state index is 13.4. The van der Waals surface area contributed by atoms with Gasteiger partial charge in [0.15, 0.2) is 0 Å². The number of halogens is 2. The number of sulfonamides is 1.